The molecule has 0 amide bonds. The van der Waals surface area contributed by atoms with Gasteiger partial charge >= 0.3 is 0 Å². The van der Waals surface area contributed by atoms with Crippen molar-refractivity contribution in [2.45, 2.75) is 37.4 Å². The summed E-state index contributed by atoms with van der Waals surface area (Å²) in [5, 5.41) is 0. The standard InChI is InChI=1S/C42H39N3/c1-7-19-34(20-8-1)43(35-21-9-2-10-22-35)40-31-41(44(36-23-11-3-12-24-36)37-25-13-4-14-26-37)33-42(32-40)45(38-27-15-5-16-28-38)39-29-17-6-18-30-39/h1-30,40-42H,31-33H2. The van der Waals surface area contributed by atoms with Crippen LogP contribution in [0.15, 0.2) is 182 Å². The normalized spacial score (nSPS) is 17.7. The summed E-state index contributed by atoms with van der Waals surface area (Å²) in [4.78, 5) is 7.75. The van der Waals surface area contributed by atoms with E-state index in [0.29, 0.717) is 0 Å². The summed E-state index contributed by atoms with van der Waals surface area (Å²) in [6, 6.07) is 66.3. The number of anilines is 6. The molecule has 0 atom stereocenters. The number of hydrogen-bond donors (Lipinski definition) is 0. The third-order valence-corrected chi connectivity index (χ3v) is 8.93. The van der Waals surface area contributed by atoms with Gasteiger partial charge in [0.2, 0.25) is 0 Å². The monoisotopic (exact) mass is 585 g/mol. The van der Waals surface area contributed by atoms with Gasteiger partial charge in [0, 0.05) is 52.2 Å². The van der Waals surface area contributed by atoms with Gasteiger partial charge in [0.15, 0.2) is 0 Å². The first-order chi connectivity index (χ1) is 22.3. The molecule has 0 N–H and O–H groups in total. The van der Waals surface area contributed by atoms with Crippen LogP contribution in [0.1, 0.15) is 19.3 Å². The van der Waals surface area contributed by atoms with Crippen molar-refractivity contribution < 1.29 is 0 Å². The zero-order chi connectivity index (χ0) is 30.3. The van der Waals surface area contributed by atoms with E-state index < -0.39 is 0 Å². The average Bonchev–Trinajstić information content (AvgIpc) is 3.12. The van der Waals surface area contributed by atoms with Crippen molar-refractivity contribution in [3.63, 3.8) is 0 Å². The first kappa shape index (κ1) is 28.5. The predicted molar refractivity (Wildman–Crippen MR) is 190 cm³/mol. The summed E-state index contributed by atoms with van der Waals surface area (Å²) in [6.07, 6.45) is 3.05. The van der Waals surface area contributed by atoms with Gasteiger partial charge in [0.05, 0.1) is 0 Å². The summed E-state index contributed by atoms with van der Waals surface area (Å²) in [6.45, 7) is 0. The van der Waals surface area contributed by atoms with Crippen molar-refractivity contribution in [2.75, 3.05) is 14.7 Å². The Labute approximate surface area is 267 Å². The fraction of sp³-hybridized carbons (Fsp3) is 0.143. The smallest absolute Gasteiger partial charge is 0.0413 e. The molecule has 1 saturated carbocycles. The van der Waals surface area contributed by atoms with E-state index in [2.05, 4.69) is 197 Å². The van der Waals surface area contributed by atoms with Crippen molar-refractivity contribution in [1.29, 1.82) is 0 Å². The van der Waals surface area contributed by atoms with E-state index >= 15 is 0 Å². The van der Waals surface area contributed by atoms with E-state index in [1.54, 1.807) is 0 Å². The minimum absolute atomic E-state index is 0.253. The van der Waals surface area contributed by atoms with Gasteiger partial charge in [0.1, 0.15) is 0 Å². The molecule has 1 aliphatic carbocycles. The van der Waals surface area contributed by atoms with Gasteiger partial charge in [0.25, 0.3) is 0 Å². The maximum atomic E-state index is 2.58. The third kappa shape index (κ3) is 6.34. The first-order valence-corrected chi connectivity index (χ1v) is 16.0. The SMILES string of the molecule is c1ccc(N(c2ccccc2)C2CC(N(c3ccccc3)c3ccccc3)CC(N(c3ccccc3)c3ccccc3)C2)cc1. The second kappa shape index (κ2) is 13.6. The molecule has 0 spiro atoms. The van der Waals surface area contributed by atoms with Crippen LogP contribution in [-0.2, 0) is 0 Å². The van der Waals surface area contributed by atoms with Crippen LogP contribution in [0.2, 0.25) is 0 Å². The fourth-order valence-corrected chi connectivity index (χ4v) is 7.11. The van der Waals surface area contributed by atoms with Gasteiger partial charge in [-0.25, -0.2) is 0 Å². The molecule has 1 fully saturated rings. The van der Waals surface area contributed by atoms with E-state index in [1.165, 1.54) is 34.1 Å². The van der Waals surface area contributed by atoms with E-state index in [-0.39, 0.29) is 18.1 Å². The maximum absolute atomic E-state index is 2.58. The second-order valence-corrected chi connectivity index (χ2v) is 11.8. The minimum atomic E-state index is 0.253. The average molecular weight is 586 g/mol. The molecule has 0 saturated heterocycles. The Morgan fingerprint density at radius 1 is 0.244 bits per heavy atom. The number of para-hydroxylation sites is 6. The van der Waals surface area contributed by atoms with E-state index in [9.17, 15) is 0 Å². The molecule has 3 nitrogen and oxygen atoms in total. The highest BCUT2D eigenvalue weighted by Crippen LogP contribution is 2.43. The Morgan fingerprint density at radius 2 is 0.400 bits per heavy atom. The van der Waals surface area contributed by atoms with Crippen LogP contribution in [0.4, 0.5) is 34.1 Å². The molecular weight excluding hydrogens is 546 g/mol. The third-order valence-electron chi connectivity index (χ3n) is 8.93. The topological polar surface area (TPSA) is 9.72 Å². The maximum Gasteiger partial charge on any atom is 0.0413 e. The number of hydrogen-bond acceptors (Lipinski definition) is 3. The zero-order valence-electron chi connectivity index (χ0n) is 25.5. The molecule has 0 unspecified atom stereocenters. The molecule has 0 aromatic heterocycles. The van der Waals surface area contributed by atoms with E-state index in [1.807, 2.05) is 0 Å². The van der Waals surface area contributed by atoms with Crippen LogP contribution in [0.5, 0.6) is 0 Å². The molecule has 0 bridgehead atoms. The van der Waals surface area contributed by atoms with Crippen LogP contribution < -0.4 is 14.7 Å². The molecular formula is C42H39N3. The Bertz CT molecular complexity index is 1390. The lowest BCUT2D eigenvalue weighted by Crippen LogP contribution is -2.51. The zero-order valence-corrected chi connectivity index (χ0v) is 25.5. The van der Waals surface area contributed by atoms with Gasteiger partial charge in [-0.05, 0) is 92.1 Å². The molecule has 0 aliphatic heterocycles. The second-order valence-electron chi connectivity index (χ2n) is 11.8. The lowest BCUT2D eigenvalue weighted by atomic mass is 9.82. The number of nitrogens with zero attached hydrogens (tertiary/aromatic N) is 3. The van der Waals surface area contributed by atoms with Crippen LogP contribution in [0.25, 0.3) is 0 Å². The predicted octanol–water partition coefficient (Wildman–Crippen LogP) is 10.8. The summed E-state index contributed by atoms with van der Waals surface area (Å²) in [5.74, 6) is 0. The molecule has 0 radical (unpaired) electrons. The first-order valence-electron chi connectivity index (χ1n) is 16.0. The van der Waals surface area contributed by atoms with Gasteiger partial charge in [-0.1, -0.05) is 109 Å². The molecule has 6 aromatic carbocycles. The van der Waals surface area contributed by atoms with Crippen LogP contribution >= 0.6 is 0 Å². The van der Waals surface area contributed by atoms with Gasteiger partial charge in [-0.3, -0.25) is 0 Å². The largest absolute Gasteiger partial charge is 0.338 e. The Balaban J connectivity index is 1.38. The fourth-order valence-electron chi connectivity index (χ4n) is 7.11. The highest BCUT2D eigenvalue weighted by Gasteiger charge is 2.39. The lowest BCUT2D eigenvalue weighted by molar-refractivity contribution is 0.344. The van der Waals surface area contributed by atoms with Crippen molar-refractivity contribution in [1.82, 2.24) is 0 Å². The van der Waals surface area contributed by atoms with E-state index in [4.69, 9.17) is 0 Å². The van der Waals surface area contributed by atoms with Crippen molar-refractivity contribution in [3.05, 3.63) is 182 Å². The molecule has 1 aliphatic rings. The minimum Gasteiger partial charge on any atom is -0.338 e. The summed E-state index contributed by atoms with van der Waals surface area (Å²) in [5.41, 5.74) is 7.36. The van der Waals surface area contributed by atoms with E-state index in [0.717, 1.165) is 19.3 Å². The van der Waals surface area contributed by atoms with Crippen LogP contribution in [0, 0.1) is 0 Å². The molecule has 6 aromatic rings. The van der Waals surface area contributed by atoms with Gasteiger partial charge in [-0.15, -0.1) is 0 Å². The number of rotatable bonds is 9. The number of benzene rings is 6. The Morgan fingerprint density at radius 3 is 0.556 bits per heavy atom. The molecule has 3 heteroatoms. The molecule has 7 rings (SSSR count). The summed E-state index contributed by atoms with van der Waals surface area (Å²) < 4.78 is 0. The molecule has 222 valence electrons. The Kier molecular flexibility index (Phi) is 8.59. The highest BCUT2D eigenvalue weighted by molar-refractivity contribution is 5.68. The van der Waals surface area contributed by atoms with Crippen molar-refractivity contribution in [3.8, 4) is 0 Å². The van der Waals surface area contributed by atoms with Crippen LogP contribution in [-0.4, -0.2) is 18.1 Å². The van der Waals surface area contributed by atoms with Gasteiger partial charge < -0.3 is 14.7 Å². The van der Waals surface area contributed by atoms with Gasteiger partial charge in [-0.2, -0.15) is 0 Å². The summed E-state index contributed by atoms with van der Waals surface area (Å²) in [7, 11) is 0. The van der Waals surface area contributed by atoms with Crippen molar-refractivity contribution >= 4 is 34.1 Å². The quantitative estimate of drug-likeness (QED) is 0.167. The molecule has 45 heavy (non-hydrogen) atoms. The lowest BCUT2D eigenvalue weighted by Gasteiger charge is -2.49. The highest BCUT2D eigenvalue weighted by atomic mass is 15.2. The van der Waals surface area contributed by atoms with Crippen LogP contribution in [0.3, 0.4) is 0 Å². The Hall–Kier alpha value is -5.28. The summed E-state index contributed by atoms with van der Waals surface area (Å²) >= 11 is 0. The van der Waals surface area contributed by atoms with Crippen molar-refractivity contribution in [2.24, 2.45) is 0 Å². The molecule has 0 heterocycles.